The first-order chi connectivity index (χ1) is 17.7. The lowest BCUT2D eigenvalue weighted by Crippen LogP contribution is -2.15. The predicted molar refractivity (Wildman–Crippen MR) is 134 cm³/mol. The van der Waals surface area contributed by atoms with Gasteiger partial charge in [-0.2, -0.15) is 5.26 Å². The van der Waals surface area contributed by atoms with Crippen molar-refractivity contribution in [3.05, 3.63) is 71.4 Å². The van der Waals surface area contributed by atoms with Crippen LogP contribution < -0.4 is 16.0 Å². The summed E-state index contributed by atoms with van der Waals surface area (Å²) in [6, 6.07) is 15.7. The van der Waals surface area contributed by atoms with Crippen LogP contribution in [0.3, 0.4) is 0 Å². The molecule has 0 atom stereocenters. The molecule has 0 unspecified atom stereocenters. The highest BCUT2D eigenvalue weighted by Crippen LogP contribution is 2.35. The van der Waals surface area contributed by atoms with Gasteiger partial charge in [-0.3, -0.25) is 14.4 Å². The topological polar surface area (TPSA) is 174 Å². The molecule has 3 aromatic carbocycles. The Labute approximate surface area is 209 Å². The van der Waals surface area contributed by atoms with E-state index >= 15 is 0 Å². The van der Waals surface area contributed by atoms with Crippen molar-refractivity contribution in [2.75, 3.05) is 16.0 Å². The van der Waals surface area contributed by atoms with E-state index in [-0.39, 0.29) is 39.9 Å². The van der Waals surface area contributed by atoms with E-state index in [0.717, 1.165) is 6.07 Å². The maximum Gasteiger partial charge on any atom is 0.337 e. The number of carbonyl (C=O) groups is 4. The van der Waals surface area contributed by atoms with Gasteiger partial charge in [0.15, 0.2) is 11.3 Å². The number of nitrogens with one attached hydrogen (secondary N) is 3. The maximum atomic E-state index is 13.1. The number of hydrogen-bond acceptors (Lipinski definition) is 7. The van der Waals surface area contributed by atoms with Crippen LogP contribution in [0.25, 0.3) is 22.1 Å². The summed E-state index contributed by atoms with van der Waals surface area (Å²) < 4.78 is 5.33. The monoisotopic (exact) mass is 497 g/mol. The Morgan fingerprint density at radius 1 is 0.919 bits per heavy atom. The SMILES string of the molecule is CC(=O)Nc1cccc(-c2cc3c(C(=O)Nc4ccc(C#N)cc4C(=O)O)noc3cc2NC(C)=O)c1. The third-order valence-corrected chi connectivity index (χ3v) is 5.26. The minimum Gasteiger partial charge on any atom is -0.478 e. The average Bonchev–Trinajstić information content (AvgIpc) is 3.26. The molecule has 4 aromatic rings. The molecule has 11 nitrogen and oxygen atoms in total. The quantitative estimate of drug-likeness (QED) is 0.306. The van der Waals surface area contributed by atoms with E-state index < -0.39 is 11.9 Å². The molecule has 37 heavy (non-hydrogen) atoms. The highest BCUT2D eigenvalue weighted by molar-refractivity contribution is 6.14. The van der Waals surface area contributed by atoms with Crippen LogP contribution in [0.15, 0.2) is 59.1 Å². The molecule has 0 fully saturated rings. The Morgan fingerprint density at radius 2 is 1.68 bits per heavy atom. The zero-order valence-corrected chi connectivity index (χ0v) is 19.6. The molecule has 0 aliphatic rings. The Balaban J connectivity index is 1.79. The largest absolute Gasteiger partial charge is 0.478 e. The van der Waals surface area contributed by atoms with Crippen LogP contribution in [-0.4, -0.2) is 34.0 Å². The number of nitrogens with zero attached hydrogens (tertiary/aromatic N) is 2. The average molecular weight is 497 g/mol. The van der Waals surface area contributed by atoms with Crippen molar-refractivity contribution in [3.63, 3.8) is 0 Å². The summed E-state index contributed by atoms with van der Waals surface area (Å²) in [5, 5.41) is 30.6. The number of carbonyl (C=O) groups excluding carboxylic acids is 3. The third-order valence-electron chi connectivity index (χ3n) is 5.26. The van der Waals surface area contributed by atoms with E-state index in [9.17, 15) is 24.3 Å². The van der Waals surface area contributed by atoms with Gasteiger partial charge in [0.05, 0.1) is 34.0 Å². The number of hydrogen-bond donors (Lipinski definition) is 4. The van der Waals surface area contributed by atoms with Gasteiger partial charge in [0.25, 0.3) is 5.91 Å². The summed E-state index contributed by atoms with van der Waals surface area (Å²) in [4.78, 5) is 48.1. The van der Waals surface area contributed by atoms with Gasteiger partial charge in [-0.05, 0) is 42.0 Å². The molecule has 4 rings (SSSR count). The summed E-state index contributed by atoms with van der Waals surface area (Å²) in [5.41, 5.74) is 2.00. The first-order valence-corrected chi connectivity index (χ1v) is 10.8. The van der Waals surface area contributed by atoms with Gasteiger partial charge in [-0.15, -0.1) is 0 Å². The van der Waals surface area contributed by atoms with Gasteiger partial charge < -0.3 is 25.6 Å². The number of carboxylic acids is 1. The number of aromatic carboxylic acids is 1. The molecule has 3 amide bonds. The minimum atomic E-state index is -1.32. The number of amides is 3. The van der Waals surface area contributed by atoms with Gasteiger partial charge in [0.2, 0.25) is 11.8 Å². The Kier molecular flexibility index (Phi) is 6.66. The van der Waals surface area contributed by atoms with E-state index in [1.165, 1.54) is 32.0 Å². The molecule has 11 heteroatoms. The Morgan fingerprint density at radius 3 is 2.35 bits per heavy atom. The summed E-state index contributed by atoms with van der Waals surface area (Å²) in [7, 11) is 0. The zero-order valence-electron chi connectivity index (χ0n) is 19.6. The standard InChI is InChI=1S/C26H19N5O6/c1-13(32)28-17-5-3-4-16(9-17)18-10-20-23(11-22(18)29-14(2)33)37-31-24(20)25(34)30-21-7-6-15(12-27)8-19(21)26(35)36/h3-11H,1-2H3,(H,28,32)(H,29,33)(H,30,34)(H,35,36). The number of fused-ring (bicyclic) bond motifs is 1. The van der Waals surface area contributed by atoms with Crippen molar-refractivity contribution in [3.8, 4) is 17.2 Å². The van der Waals surface area contributed by atoms with E-state index in [2.05, 4.69) is 21.1 Å². The third kappa shape index (κ3) is 5.28. The van der Waals surface area contributed by atoms with Crippen molar-refractivity contribution in [2.45, 2.75) is 13.8 Å². The van der Waals surface area contributed by atoms with Crippen LogP contribution in [-0.2, 0) is 9.59 Å². The van der Waals surface area contributed by atoms with Crippen LogP contribution >= 0.6 is 0 Å². The van der Waals surface area contributed by atoms with Crippen LogP contribution in [0.2, 0.25) is 0 Å². The van der Waals surface area contributed by atoms with Gasteiger partial charge in [-0.1, -0.05) is 17.3 Å². The number of aromatic nitrogens is 1. The van der Waals surface area contributed by atoms with Crippen molar-refractivity contribution < 1.29 is 28.8 Å². The van der Waals surface area contributed by atoms with Crippen LogP contribution in [0, 0.1) is 11.3 Å². The first-order valence-electron chi connectivity index (χ1n) is 10.8. The smallest absolute Gasteiger partial charge is 0.337 e. The van der Waals surface area contributed by atoms with Crippen molar-refractivity contribution in [1.82, 2.24) is 5.16 Å². The molecule has 0 radical (unpaired) electrons. The molecule has 0 saturated heterocycles. The molecule has 0 aliphatic heterocycles. The fraction of sp³-hybridized carbons (Fsp3) is 0.0769. The fourth-order valence-corrected chi connectivity index (χ4v) is 3.73. The highest BCUT2D eigenvalue weighted by atomic mass is 16.5. The summed E-state index contributed by atoms with van der Waals surface area (Å²) >= 11 is 0. The second kappa shape index (κ2) is 10.0. The van der Waals surface area contributed by atoms with Crippen molar-refractivity contribution >= 4 is 51.7 Å². The summed E-state index contributed by atoms with van der Waals surface area (Å²) in [6.45, 7) is 2.73. The second-order valence-corrected chi connectivity index (χ2v) is 8.00. The van der Waals surface area contributed by atoms with E-state index in [4.69, 9.17) is 9.78 Å². The molecular weight excluding hydrogens is 478 g/mol. The summed E-state index contributed by atoms with van der Waals surface area (Å²) in [5.74, 6) is -2.65. The van der Waals surface area contributed by atoms with Gasteiger partial charge >= 0.3 is 5.97 Å². The molecule has 4 N–H and O–H groups in total. The van der Waals surface area contributed by atoms with Gasteiger partial charge in [-0.25, -0.2) is 4.79 Å². The lowest BCUT2D eigenvalue weighted by atomic mass is 10.00. The van der Waals surface area contributed by atoms with E-state index in [1.807, 2.05) is 6.07 Å². The van der Waals surface area contributed by atoms with E-state index in [1.54, 1.807) is 30.3 Å². The number of rotatable bonds is 6. The number of benzene rings is 3. The van der Waals surface area contributed by atoms with Crippen LogP contribution in [0.4, 0.5) is 17.1 Å². The Hall–Kier alpha value is -5.50. The predicted octanol–water partition coefficient (Wildman–Crippen LogP) is 4.23. The molecular formula is C26H19N5O6. The zero-order chi connectivity index (χ0) is 26.7. The second-order valence-electron chi connectivity index (χ2n) is 8.00. The number of nitriles is 1. The molecule has 0 spiro atoms. The fourth-order valence-electron chi connectivity index (χ4n) is 3.73. The number of carboxylic acid groups (broad SMARTS) is 1. The molecule has 0 bridgehead atoms. The lowest BCUT2D eigenvalue weighted by molar-refractivity contribution is -0.115. The summed E-state index contributed by atoms with van der Waals surface area (Å²) in [6.07, 6.45) is 0. The molecule has 184 valence electrons. The van der Waals surface area contributed by atoms with Gasteiger partial charge in [0.1, 0.15) is 0 Å². The maximum absolute atomic E-state index is 13.1. The molecule has 1 heterocycles. The van der Waals surface area contributed by atoms with Crippen LogP contribution in [0.5, 0.6) is 0 Å². The highest BCUT2D eigenvalue weighted by Gasteiger charge is 2.22. The minimum absolute atomic E-state index is 0.0225. The number of anilines is 3. The van der Waals surface area contributed by atoms with E-state index in [0.29, 0.717) is 27.9 Å². The molecule has 0 saturated carbocycles. The van der Waals surface area contributed by atoms with Crippen molar-refractivity contribution in [2.24, 2.45) is 0 Å². The Bertz CT molecular complexity index is 1630. The van der Waals surface area contributed by atoms with Crippen molar-refractivity contribution in [1.29, 1.82) is 5.26 Å². The van der Waals surface area contributed by atoms with Gasteiger partial charge in [0, 0.05) is 31.2 Å². The molecule has 0 aliphatic carbocycles. The van der Waals surface area contributed by atoms with Crippen LogP contribution in [0.1, 0.15) is 40.3 Å². The normalized spacial score (nSPS) is 10.4. The first kappa shape index (κ1) is 24.6. The lowest BCUT2D eigenvalue weighted by Gasteiger charge is -2.12. The molecule has 1 aromatic heterocycles.